The van der Waals surface area contributed by atoms with Crippen molar-refractivity contribution in [3.05, 3.63) is 59.8 Å². The predicted molar refractivity (Wildman–Crippen MR) is 118 cm³/mol. The van der Waals surface area contributed by atoms with Crippen molar-refractivity contribution in [3.8, 4) is 11.1 Å². The van der Waals surface area contributed by atoms with Crippen LogP contribution in [0.3, 0.4) is 0 Å². The molecule has 1 aliphatic heterocycles. The molecule has 0 aromatic carbocycles. The van der Waals surface area contributed by atoms with E-state index in [1.165, 1.54) is 0 Å². The molecule has 4 aromatic heterocycles. The molecule has 0 N–H and O–H groups in total. The lowest BCUT2D eigenvalue weighted by Crippen LogP contribution is -2.32. The molecule has 1 fully saturated rings. The summed E-state index contributed by atoms with van der Waals surface area (Å²) in [6, 6.07) is 3.71. The Kier molecular flexibility index (Phi) is 4.82. The molecule has 0 radical (unpaired) electrons. The molecule has 0 atom stereocenters. The van der Waals surface area contributed by atoms with Crippen LogP contribution < -0.4 is 0 Å². The Balaban J connectivity index is 1.53. The van der Waals surface area contributed by atoms with Crippen LogP contribution in [-0.2, 0) is 6.42 Å². The normalized spacial score (nSPS) is 16.1. The zero-order valence-corrected chi connectivity index (χ0v) is 17.9. The van der Waals surface area contributed by atoms with Crippen molar-refractivity contribution in [1.29, 1.82) is 0 Å². The molecular weight excluding hydrogens is 377 g/mol. The highest BCUT2D eigenvalue weighted by atomic mass is 19.1. The van der Waals surface area contributed by atoms with E-state index in [0.717, 1.165) is 72.6 Å². The number of pyridine rings is 1. The largest absolute Gasteiger partial charge is 0.320 e. The molecule has 1 saturated heterocycles. The van der Waals surface area contributed by atoms with Gasteiger partial charge in [0.25, 0.3) is 0 Å². The summed E-state index contributed by atoms with van der Waals surface area (Å²) < 4.78 is 18.9. The number of hydrogen-bond acceptors (Lipinski definition) is 3. The maximum atomic E-state index is 15.0. The fourth-order valence-electron chi connectivity index (χ4n) is 4.71. The Bertz CT molecular complexity index is 1210. The molecule has 0 amide bonds. The van der Waals surface area contributed by atoms with Crippen LogP contribution >= 0.6 is 0 Å². The lowest BCUT2D eigenvalue weighted by atomic mass is 9.94. The number of piperidine rings is 1. The molecule has 5 heterocycles. The topological polar surface area (TPSA) is 37.8 Å². The SMILES string of the molecule is CCc1nc(C)cn2cc(-c3cc(F)c4nc(C5CCN(CC)CC5)cn4c3)cc12. The van der Waals surface area contributed by atoms with Gasteiger partial charge in [-0.05, 0) is 58.0 Å². The average molecular weight is 406 g/mol. The molecule has 30 heavy (non-hydrogen) atoms. The van der Waals surface area contributed by atoms with Gasteiger partial charge >= 0.3 is 0 Å². The van der Waals surface area contributed by atoms with Crippen LogP contribution in [0.1, 0.15) is 49.7 Å². The molecule has 0 bridgehead atoms. The summed E-state index contributed by atoms with van der Waals surface area (Å²) in [4.78, 5) is 11.8. The Morgan fingerprint density at radius 1 is 0.967 bits per heavy atom. The molecule has 0 aliphatic carbocycles. The Labute approximate surface area is 176 Å². The number of rotatable bonds is 4. The van der Waals surface area contributed by atoms with E-state index in [0.29, 0.717) is 11.6 Å². The number of aryl methyl sites for hydroxylation is 2. The van der Waals surface area contributed by atoms with Gasteiger partial charge in [0.15, 0.2) is 11.5 Å². The van der Waals surface area contributed by atoms with Crippen LogP contribution in [0.2, 0.25) is 0 Å². The number of hydrogen-bond donors (Lipinski definition) is 0. The van der Waals surface area contributed by atoms with E-state index in [-0.39, 0.29) is 5.82 Å². The van der Waals surface area contributed by atoms with Crippen molar-refractivity contribution in [1.82, 2.24) is 23.7 Å². The maximum absolute atomic E-state index is 15.0. The molecule has 4 aromatic rings. The smallest absolute Gasteiger partial charge is 0.173 e. The van der Waals surface area contributed by atoms with Crippen molar-refractivity contribution < 1.29 is 4.39 Å². The summed E-state index contributed by atoms with van der Waals surface area (Å²) in [5, 5.41) is 0. The van der Waals surface area contributed by atoms with E-state index < -0.39 is 0 Å². The van der Waals surface area contributed by atoms with Gasteiger partial charge < -0.3 is 13.7 Å². The first kappa shape index (κ1) is 19.2. The van der Waals surface area contributed by atoms with Gasteiger partial charge in [-0.3, -0.25) is 4.98 Å². The van der Waals surface area contributed by atoms with Crippen LogP contribution in [-0.4, -0.2) is 43.3 Å². The number of aromatic nitrogens is 4. The van der Waals surface area contributed by atoms with Crippen LogP contribution in [0.4, 0.5) is 4.39 Å². The Hall–Kier alpha value is -2.73. The van der Waals surface area contributed by atoms with E-state index >= 15 is 0 Å². The van der Waals surface area contributed by atoms with Gasteiger partial charge in [-0.15, -0.1) is 0 Å². The number of imidazole rings is 1. The third-order valence-electron chi connectivity index (χ3n) is 6.43. The van der Waals surface area contributed by atoms with E-state index in [1.807, 2.05) is 29.9 Å². The summed E-state index contributed by atoms with van der Waals surface area (Å²) >= 11 is 0. The minimum atomic E-state index is -0.273. The van der Waals surface area contributed by atoms with Crippen LogP contribution in [0.15, 0.2) is 36.9 Å². The molecular formula is C24H28FN5. The molecule has 1 aliphatic rings. The van der Waals surface area contributed by atoms with Gasteiger partial charge in [-0.1, -0.05) is 13.8 Å². The molecule has 5 rings (SSSR count). The quantitative estimate of drug-likeness (QED) is 0.487. The van der Waals surface area contributed by atoms with E-state index in [9.17, 15) is 4.39 Å². The van der Waals surface area contributed by atoms with Gasteiger partial charge in [0.05, 0.1) is 22.6 Å². The predicted octanol–water partition coefficient (Wildman–Crippen LogP) is 4.86. The number of likely N-dealkylation sites (tertiary alicyclic amines) is 1. The van der Waals surface area contributed by atoms with Crippen molar-refractivity contribution in [2.75, 3.05) is 19.6 Å². The van der Waals surface area contributed by atoms with Crippen molar-refractivity contribution >= 4 is 11.2 Å². The molecule has 156 valence electrons. The zero-order chi connectivity index (χ0) is 20.8. The summed E-state index contributed by atoms with van der Waals surface area (Å²) in [6.07, 6.45) is 11.1. The third kappa shape index (κ3) is 3.29. The van der Waals surface area contributed by atoms with Crippen LogP contribution in [0.5, 0.6) is 0 Å². The van der Waals surface area contributed by atoms with Crippen molar-refractivity contribution in [2.24, 2.45) is 0 Å². The van der Waals surface area contributed by atoms with Crippen LogP contribution in [0, 0.1) is 12.7 Å². The van der Waals surface area contributed by atoms with Crippen LogP contribution in [0.25, 0.3) is 22.3 Å². The number of nitrogens with zero attached hydrogens (tertiary/aromatic N) is 5. The highest BCUT2D eigenvalue weighted by Crippen LogP contribution is 2.30. The number of halogens is 1. The van der Waals surface area contributed by atoms with Crippen molar-refractivity contribution in [2.45, 2.75) is 46.0 Å². The first-order valence-corrected chi connectivity index (χ1v) is 10.9. The monoisotopic (exact) mass is 405 g/mol. The fraction of sp³-hybridized carbons (Fsp3) is 0.417. The highest BCUT2D eigenvalue weighted by Gasteiger charge is 2.23. The van der Waals surface area contributed by atoms with E-state index in [4.69, 9.17) is 0 Å². The molecule has 0 spiro atoms. The van der Waals surface area contributed by atoms with Gasteiger partial charge in [0.1, 0.15) is 0 Å². The second-order valence-electron chi connectivity index (χ2n) is 8.39. The summed E-state index contributed by atoms with van der Waals surface area (Å²) in [5.41, 5.74) is 6.40. The second-order valence-corrected chi connectivity index (χ2v) is 8.39. The fourth-order valence-corrected chi connectivity index (χ4v) is 4.71. The summed E-state index contributed by atoms with van der Waals surface area (Å²) in [5.74, 6) is 0.138. The molecule has 0 unspecified atom stereocenters. The lowest BCUT2D eigenvalue weighted by Gasteiger charge is -2.30. The van der Waals surface area contributed by atoms with E-state index in [1.54, 1.807) is 6.07 Å². The first-order chi connectivity index (χ1) is 14.6. The standard InChI is InChI=1S/C24H28FN5/c1-4-21-23-11-19(13-29(23)12-16(3)26-21)18-10-20(25)24-27-22(15-30(24)14-18)17-6-8-28(5-2)9-7-17/h10-15,17H,4-9H2,1-3H3. The van der Waals surface area contributed by atoms with Gasteiger partial charge in [-0.2, -0.15) is 0 Å². The number of fused-ring (bicyclic) bond motifs is 2. The second kappa shape index (κ2) is 7.51. The molecule has 6 heteroatoms. The van der Waals surface area contributed by atoms with E-state index in [2.05, 4.69) is 45.4 Å². The van der Waals surface area contributed by atoms with Gasteiger partial charge in [0, 0.05) is 41.8 Å². The third-order valence-corrected chi connectivity index (χ3v) is 6.43. The maximum Gasteiger partial charge on any atom is 0.173 e. The summed E-state index contributed by atoms with van der Waals surface area (Å²) in [7, 11) is 0. The zero-order valence-electron chi connectivity index (χ0n) is 17.9. The lowest BCUT2D eigenvalue weighted by molar-refractivity contribution is 0.221. The Morgan fingerprint density at radius 3 is 2.43 bits per heavy atom. The van der Waals surface area contributed by atoms with Crippen molar-refractivity contribution in [3.63, 3.8) is 0 Å². The summed E-state index contributed by atoms with van der Waals surface area (Å²) in [6.45, 7) is 9.59. The minimum absolute atomic E-state index is 0.273. The molecule has 0 saturated carbocycles. The Morgan fingerprint density at radius 2 is 1.70 bits per heavy atom. The highest BCUT2D eigenvalue weighted by molar-refractivity contribution is 5.72. The van der Waals surface area contributed by atoms with Gasteiger partial charge in [0.2, 0.25) is 0 Å². The molecule has 5 nitrogen and oxygen atoms in total. The van der Waals surface area contributed by atoms with Gasteiger partial charge in [-0.25, -0.2) is 9.37 Å². The first-order valence-electron chi connectivity index (χ1n) is 10.9. The minimum Gasteiger partial charge on any atom is -0.320 e. The average Bonchev–Trinajstić information content (AvgIpc) is 3.37.